The molecule has 1 unspecified atom stereocenters. The number of aryl methyl sites for hydroxylation is 1. The Balaban J connectivity index is 2.10. The van der Waals surface area contributed by atoms with Crippen LogP contribution in [0.25, 0.3) is 5.69 Å². The molecular weight excluding hydrogens is 256 g/mol. The summed E-state index contributed by atoms with van der Waals surface area (Å²) in [6.45, 7) is 1.95. The van der Waals surface area contributed by atoms with E-state index in [4.69, 9.17) is 0 Å². The zero-order valence-corrected chi connectivity index (χ0v) is 11.3. The Hall–Kier alpha value is -1.91. The summed E-state index contributed by atoms with van der Waals surface area (Å²) in [6.07, 6.45) is 3.08. The number of benzene rings is 1. The summed E-state index contributed by atoms with van der Waals surface area (Å²) in [5, 5.41) is 12.5. The van der Waals surface area contributed by atoms with Crippen molar-refractivity contribution in [1.29, 1.82) is 0 Å². The maximum atomic E-state index is 10.5. The number of thiophene rings is 1. The van der Waals surface area contributed by atoms with Crippen molar-refractivity contribution in [2.45, 2.75) is 13.0 Å². The van der Waals surface area contributed by atoms with Gasteiger partial charge in [0.1, 0.15) is 11.9 Å². The van der Waals surface area contributed by atoms with Crippen LogP contribution in [0.1, 0.15) is 22.4 Å². The van der Waals surface area contributed by atoms with E-state index in [2.05, 4.69) is 4.98 Å². The first-order chi connectivity index (χ1) is 9.27. The molecule has 0 aliphatic rings. The lowest BCUT2D eigenvalue weighted by Crippen LogP contribution is -2.05. The Morgan fingerprint density at radius 2 is 2.05 bits per heavy atom. The molecule has 0 saturated carbocycles. The molecule has 1 aromatic carbocycles. The van der Waals surface area contributed by atoms with Gasteiger partial charge in [-0.3, -0.25) is 0 Å². The molecule has 96 valence electrons. The van der Waals surface area contributed by atoms with Crippen LogP contribution in [-0.2, 0) is 0 Å². The third-order valence-corrected chi connectivity index (χ3v) is 4.05. The fraction of sp³-hybridized carbons (Fsp3) is 0.133. The van der Waals surface area contributed by atoms with Gasteiger partial charge in [0, 0.05) is 22.8 Å². The van der Waals surface area contributed by atoms with Crippen molar-refractivity contribution >= 4 is 11.3 Å². The fourth-order valence-corrected chi connectivity index (χ4v) is 2.90. The Bertz CT molecular complexity index is 673. The van der Waals surface area contributed by atoms with Gasteiger partial charge in [0.05, 0.1) is 5.69 Å². The zero-order chi connectivity index (χ0) is 13.2. The molecule has 0 bridgehead atoms. The number of para-hydroxylation sites is 1. The minimum Gasteiger partial charge on any atom is -0.383 e. The van der Waals surface area contributed by atoms with Gasteiger partial charge in [0.25, 0.3) is 0 Å². The molecular formula is C15H14N2OS. The van der Waals surface area contributed by atoms with Crippen LogP contribution in [0.5, 0.6) is 0 Å². The molecule has 2 heterocycles. The Labute approximate surface area is 115 Å². The van der Waals surface area contributed by atoms with Crippen LogP contribution in [0.3, 0.4) is 0 Å². The summed E-state index contributed by atoms with van der Waals surface area (Å²) in [4.78, 5) is 5.19. The highest BCUT2D eigenvalue weighted by atomic mass is 32.1. The molecule has 3 aromatic rings. The summed E-state index contributed by atoms with van der Waals surface area (Å²) in [5.41, 5.74) is 1.87. The third kappa shape index (κ3) is 2.20. The van der Waals surface area contributed by atoms with Gasteiger partial charge in [-0.25, -0.2) is 4.98 Å². The van der Waals surface area contributed by atoms with E-state index in [0.29, 0.717) is 0 Å². The number of hydrogen-bond acceptors (Lipinski definition) is 3. The molecule has 0 saturated heterocycles. The summed E-state index contributed by atoms with van der Waals surface area (Å²) in [5.74, 6) is 0.908. The van der Waals surface area contributed by atoms with Crippen molar-refractivity contribution < 1.29 is 5.11 Å². The van der Waals surface area contributed by atoms with Crippen molar-refractivity contribution in [3.8, 4) is 5.69 Å². The number of hydrogen-bond donors (Lipinski definition) is 1. The second-order valence-electron chi connectivity index (χ2n) is 4.32. The molecule has 0 radical (unpaired) electrons. The molecule has 19 heavy (non-hydrogen) atoms. The molecule has 0 fully saturated rings. The van der Waals surface area contributed by atoms with Gasteiger partial charge < -0.3 is 9.67 Å². The van der Waals surface area contributed by atoms with E-state index < -0.39 is 6.10 Å². The van der Waals surface area contributed by atoms with Gasteiger partial charge in [-0.2, -0.15) is 0 Å². The van der Waals surface area contributed by atoms with Crippen molar-refractivity contribution in [2.75, 3.05) is 0 Å². The molecule has 4 heteroatoms. The number of rotatable bonds is 3. The highest BCUT2D eigenvalue weighted by Gasteiger charge is 2.16. The maximum Gasteiger partial charge on any atom is 0.115 e. The van der Waals surface area contributed by atoms with Gasteiger partial charge >= 0.3 is 0 Å². The van der Waals surface area contributed by atoms with E-state index in [0.717, 1.165) is 22.0 Å². The van der Waals surface area contributed by atoms with Crippen molar-refractivity contribution in [2.24, 2.45) is 0 Å². The topological polar surface area (TPSA) is 38.0 Å². The van der Waals surface area contributed by atoms with Gasteiger partial charge in [-0.15, -0.1) is 11.3 Å². The molecule has 0 amide bonds. The second kappa shape index (κ2) is 4.99. The Morgan fingerprint density at radius 3 is 2.74 bits per heavy atom. The van der Waals surface area contributed by atoms with Crippen LogP contribution >= 0.6 is 11.3 Å². The van der Waals surface area contributed by atoms with Gasteiger partial charge in [0.15, 0.2) is 0 Å². The monoisotopic (exact) mass is 270 g/mol. The molecule has 2 aromatic heterocycles. The van der Waals surface area contributed by atoms with Crippen molar-refractivity contribution in [3.63, 3.8) is 0 Å². The van der Waals surface area contributed by atoms with Crippen LogP contribution in [0.4, 0.5) is 0 Å². The van der Waals surface area contributed by atoms with Crippen molar-refractivity contribution in [1.82, 2.24) is 9.55 Å². The van der Waals surface area contributed by atoms with Gasteiger partial charge in [-0.1, -0.05) is 24.3 Å². The van der Waals surface area contributed by atoms with Gasteiger partial charge in [-0.05, 0) is 24.4 Å². The average molecular weight is 270 g/mol. The molecule has 0 spiro atoms. The van der Waals surface area contributed by atoms with Crippen LogP contribution in [-0.4, -0.2) is 14.7 Å². The van der Waals surface area contributed by atoms with Crippen LogP contribution < -0.4 is 0 Å². The van der Waals surface area contributed by atoms with E-state index in [9.17, 15) is 5.11 Å². The third-order valence-electron chi connectivity index (χ3n) is 3.13. The van der Waals surface area contributed by atoms with E-state index in [1.807, 2.05) is 59.5 Å². The highest BCUT2D eigenvalue weighted by Crippen LogP contribution is 2.30. The normalized spacial score (nSPS) is 12.5. The highest BCUT2D eigenvalue weighted by molar-refractivity contribution is 7.10. The Morgan fingerprint density at radius 1 is 1.21 bits per heavy atom. The van der Waals surface area contributed by atoms with Crippen LogP contribution in [0.2, 0.25) is 0 Å². The van der Waals surface area contributed by atoms with Gasteiger partial charge in [0.2, 0.25) is 0 Å². The maximum absolute atomic E-state index is 10.5. The molecule has 3 nitrogen and oxygen atoms in total. The molecule has 3 rings (SSSR count). The minimum atomic E-state index is -0.599. The minimum absolute atomic E-state index is 0.599. The Kier molecular flexibility index (Phi) is 3.19. The average Bonchev–Trinajstić information content (AvgIpc) is 3.09. The number of nitrogens with zero attached hydrogens (tertiary/aromatic N) is 2. The first kappa shape index (κ1) is 12.1. The predicted molar refractivity (Wildman–Crippen MR) is 76.7 cm³/mol. The molecule has 0 aliphatic carbocycles. The van der Waals surface area contributed by atoms with E-state index >= 15 is 0 Å². The predicted octanol–water partition coefficient (Wildman–Crippen LogP) is 3.32. The number of imidazole rings is 1. The van der Waals surface area contributed by atoms with Crippen LogP contribution in [0.15, 0.2) is 54.2 Å². The fourth-order valence-electron chi connectivity index (χ4n) is 2.17. The number of aliphatic hydroxyl groups is 1. The lowest BCUT2D eigenvalue weighted by molar-refractivity contribution is 0.224. The molecule has 0 aliphatic heterocycles. The lowest BCUT2D eigenvalue weighted by Gasteiger charge is -2.15. The zero-order valence-electron chi connectivity index (χ0n) is 10.5. The molecule has 1 N–H and O–H groups in total. The first-order valence-electron chi connectivity index (χ1n) is 6.08. The standard InChI is InChI=1S/C15H14N2OS/c1-11-16-8-9-17(11)13-6-3-2-5-12(13)15(18)14-7-4-10-19-14/h2-10,15,18H,1H3. The lowest BCUT2D eigenvalue weighted by atomic mass is 10.1. The smallest absolute Gasteiger partial charge is 0.115 e. The van der Waals surface area contributed by atoms with E-state index in [-0.39, 0.29) is 0 Å². The van der Waals surface area contributed by atoms with Crippen molar-refractivity contribution in [3.05, 3.63) is 70.4 Å². The summed E-state index contributed by atoms with van der Waals surface area (Å²) in [7, 11) is 0. The number of aromatic nitrogens is 2. The second-order valence-corrected chi connectivity index (χ2v) is 5.30. The van der Waals surface area contributed by atoms with E-state index in [1.165, 1.54) is 0 Å². The summed E-state index contributed by atoms with van der Waals surface area (Å²) in [6, 6.07) is 11.8. The first-order valence-corrected chi connectivity index (χ1v) is 6.96. The van der Waals surface area contributed by atoms with E-state index in [1.54, 1.807) is 17.5 Å². The summed E-state index contributed by atoms with van der Waals surface area (Å²) >= 11 is 1.56. The number of aliphatic hydroxyl groups excluding tert-OH is 1. The summed E-state index contributed by atoms with van der Waals surface area (Å²) < 4.78 is 1.99. The SMILES string of the molecule is Cc1nccn1-c1ccccc1C(O)c1cccs1. The molecule has 1 atom stereocenters. The van der Waals surface area contributed by atoms with Crippen LogP contribution in [0, 0.1) is 6.92 Å². The largest absolute Gasteiger partial charge is 0.383 e. The quantitative estimate of drug-likeness (QED) is 0.792.